The fraction of sp³-hybridized carbons (Fsp3) is 0.364. The van der Waals surface area contributed by atoms with Crippen molar-refractivity contribution in [2.75, 3.05) is 11.4 Å². The number of nitro groups is 1. The fourth-order valence-corrected chi connectivity index (χ4v) is 3.17. The number of carbonyl (C=O) groups is 1. The van der Waals surface area contributed by atoms with Crippen molar-refractivity contribution in [3.8, 4) is 0 Å². The van der Waals surface area contributed by atoms with Crippen LogP contribution in [0.25, 0.3) is 0 Å². The van der Waals surface area contributed by atoms with Gasteiger partial charge in [-0.15, -0.1) is 0 Å². The van der Waals surface area contributed by atoms with Crippen molar-refractivity contribution in [3.05, 3.63) is 32.8 Å². The Morgan fingerprint density at radius 3 is 2.57 bits per heavy atom. The molecule has 0 bridgehead atoms. The molecule has 8 nitrogen and oxygen atoms in total. The Balaban J connectivity index is 2.42. The fourth-order valence-electron chi connectivity index (χ4n) is 2.21. The van der Waals surface area contributed by atoms with Gasteiger partial charge in [-0.3, -0.25) is 14.9 Å². The van der Waals surface area contributed by atoms with Crippen molar-refractivity contribution in [2.24, 2.45) is 5.14 Å². The molecular formula is C11H12ClN3O5S. The van der Waals surface area contributed by atoms with E-state index >= 15 is 0 Å². The van der Waals surface area contributed by atoms with Crippen molar-refractivity contribution in [1.82, 2.24) is 0 Å². The van der Waals surface area contributed by atoms with Gasteiger partial charge in [0.25, 0.3) is 5.69 Å². The van der Waals surface area contributed by atoms with E-state index in [0.717, 1.165) is 0 Å². The Morgan fingerprint density at radius 1 is 1.48 bits per heavy atom. The maximum Gasteiger partial charge on any atom is 0.288 e. The van der Waals surface area contributed by atoms with Crippen LogP contribution in [0.4, 0.5) is 11.4 Å². The van der Waals surface area contributed by atoms with E-state index in [1.54, 1.807) is 6.92 Å². The first-order valence-electron chi connectivity index (χ1n) is 5.87. The van der Waals surface area contributed by atoms with Crippen LogP contribution in [0.1, 0.15) is 12.0 Å². The molecule has 2 rings (SSSR count). The van der Waals surface area contributed by atoms with E-state index in [1.807, 2.05) is 0 Å². The first-order chi connectivity index (χ1) is 9.61. The van der Waals surface area contributed by atoms with Gasteiger partial charge < -0.3 is 4.90 Å². The average molecular weight is 334 g/mol. The molecule has 2 N–H and O–H groups in total. The molecule has 1 atom stereocenters. The molecule has 1 fully saturated rings. The summed E-state index contributed by atoms with van der Waals surface area (Å²) < 4.78 is 22.7. The van der Waals surface area contributed by atoms with Crippen molar-refractivity contribution in [3.63, 3.8) is 0 Å². The number of carbonyl (C=O) groups excluding carboxylic acids is 1. The lowest BCUT2D eigenvalue weighted by Crippen LogP contribution is -2.32. The van der Waals surface area contributed by atoms with E-state index in [2.05, 4.69) is 0 Å². The minimum absolute atomic E-state index is 0.0906. The summed E-state index contributed by atoms with van der Waals surface area (Å²) in [6.45, 7) is 1.49. The maximum atomic E-state index is 11.9. The molecule has 1 heterocycles. The van der Waals surface area contributed by atoms with Crippen molar-refractivity contribution < 1.29 is 18.1 Å². The Kier molecular flexibility index (Phi) is 3.91. The standard InChI is InChI=1S/C11H12ClN3O5S/c1-6-2-10(15(17)18)8(12)4-9(6)14-5-7(3-11(14)16)21(13,19)20/h2,4,7H,3,5H2,1H3,(H2,13,19,20). The van der Waals surface area contributed by atoms with E-state index in [9.17, 15) is 23.3 Å². The molecule has 0 aliphatic carbocycles. The van der Waals surface area contributed by atoms with Crippen LogP contribution in [0.5, 0.6) is 0 Å². The molecule has 1 unspecified atom stereocenters. The van der Waals surface area contributed by atoms with Crippen LogP contribution < -0.4 is 10.0 Å². The summed E-state index contributed by atoms with van der Waals surface area (Å²) in [7, 11) is -3.82. The van der Waals surface area contributed by atoms with Gasteiger partial charge in [0.2, 0.25) is 15.9 Å². The number of halogens is 1. The lowest BCUT2D eigenvalue weighted by molar-refractivity contribution is -0.384. The SMILES string of the molecule is Cc1cc([N+](=O)[O-])c(Cl)cc1N1CC(S(N)(=O)=O)CC1=O. The quantitative estimate of drug-likeness (QED) is 0.651. The molecule has 10 heteroatoms. The number of nitro benzene ring substituents is 1. The van der Waals surface area contributed by atoms with Crippen molar-refractivity contribution in [2.45, 2.75) is 18.6 Å². The maximum absolute atomic E-state index is 11.9. The lowest BCUT2D eigenvalue weighted by atomic mass is 10.1. The zero-order chi connectivity index (χ0) is 15.9. The number of benzene rings is 1. The monoisotopic (exact) mass is 333 g/mol. The minimum Gasteiger partial charge on any atom is -0.311 e. The van der Waals surface area contributed by atoms with Crippen LogP contribution in [0.3, 0.4) is 0 Å². The van der Waals surface area contributed by atoms with Gasteiger partial charge in [-0.05, 0) is 18.6 Å². The molecule has 1 aliphatic heterocycles. The highest BCUT2D eigenvalue weighted by Crippen LogP contribution is 2.34. The molecule has 0 spiro atoms. The number of hydrogen-bond donors (Lipinski definition) is 1. The summed E-state index contributed by atoms with van der Waals surface area (Å²) in [5.41, 5.74) is 0.531. The molecule has 0 saturated carbocycles. The largest absolute Gasteiger partial charge is 0.311 e. The number of nitrogens with zero attached hydrogens (tertiary/aromatic N) is 2. The third-order valence-electron chi connectivity index (χ3n) is 3.31. The minimum atomic E-state index is -3.82. The number of sulfonamides is 1. The zero-order valence-electron chi connectivity index (χ0n) is 10.9. The zero-order valence-corrected chi connectivity index (χ0v) is 12.5. The number of rotatable bonds is 3. The van der Waals surface area contributed by atoms with Gasteiger partial charge in [0, 0.05) is 24.7 Å². The lowest BCUT2D eigenvalue weighted by Gasteiger charge is -2.19. The number of hydrogen-bond acceptors (Lipinski definition) is 5. The molecule has 1 amide bonds. The van der Waals surface area contributed by atoms with Crippen LogP contribution >= 0.6 is 11.6 Å². The van der Waals surface area contributed by atoms with Gasteiger partial charge in [-0.25, -0.2) is 13.6 Å². The second kappa shape index (κ2) is 5.24. The molecule has 114 valence electrons. The molecule has 1 aromatic rings. The second-order valence-corrected chi connectivity index (χ2v) is 7.02. The number of amides is 1. The molecule has 1 aromatic carbocycles. The van der Waals surface area contributed by atoms with E-state index < -0.39 is 26.1 Å². The van der Waals surface area contributed by atoms with E-state index in [-0.39, 0.29) is 23.7 Å². The van der Waals surface area contributed by atoms with E-state index in [1.165, 1.54) is 17.0 Å². The summed E-state index contributed by atoms with van der Waals surface area (Å²) in [4.78, 5) is 23.4. The van der Waals surface area contributed by atoms with Gasteiger partial charge in [0.15, 0.2) is 0 Å². The molecule has 1 aliphatic rings. The topological polar surface area (TPSA) is 124 Å². The summed E-state index contributed by atoms with van der Waals surface area (Å²) in [5.74, 6) is -0.415. The third-order valence-corrected chi connectivity index (χ3v) is 4.85. The Morgan fingerprint density at radius 2 is 2.10 bits per heavy atom. The smallest absolute Gasteiger partial charge is 0.288 e. The Bertz CT molecular complexity index is 734. The highest BCUT2D eigenvalue weighted by molar-refractivity contribution is 7.89. The van der Waals surface area contributed by atoms with E-state index in [0.29, 0.717) is 11.3 Å². The van der Waals surface area contributed by atoms with Gasteiger partial charge in [-0.1, -0.05) is 11.6 Å². The number of aryl methyl sites for hydroxylation is 1. The average Bonchev–Trinajstić information content (AvgIpc) is 2.73. The van der Waals surface area contributed by atoms with Crippen molar-refractivity contribution >= 4 is 38.9 Å². The van der Waals surface area contributed by atoms with Crippen LogP contribution in [-0.2, 0) is 14.8 Å². The van der Waals surface area contributed by atoms with Crippen LogP contribution in [0.2, 0.25) is 5.02 Å². The summed E-state index contributed by atoms with van der Waals surface area (Å²) in [6.07, 6.45) is -0.215. The highest BCUT2D eigenvalue weighted by Gasteiger charge is 2.38. The van der Waals surface area contributed by atoms with Gasteiger partial charge in [0.05, 0.1) is 4.92 Å². The van der Waals surface area contributed by atoms with Gasteiger partial charge in [0.1, 0.15) is 10.3 Å². The van der Waals surface area contributed by atoms with Crippen LogP contribution in [0.15, 0.2) is 12.1 Å². The number of primary sulfonamides is 1. The van der Waals surface area contributed by atoms with Gasteiger partial charge >= 0.3 is 0 Å². The van der Waals surface area contributed by atoms with Crippen LogP contribution in [-0.4, -0.2) is 31.0 Å². The highest BCUT2D eigenvalue weighted by atomic mass is 35.5. The molecular weight excluding hydrogens is 322 g/mol. The number of nitrogens with two attached hydrogens (primary N) is 1. The summed E-state index contributed by atoms with van der Waals surface area (Å²) in [5, 5.41) is 14.7. The summed E-state index contributed by atoms with van der Waals surface area (Å²) >= 11 is 5.83. The predicted octanol–water partition coefficient (Wildman–Crippen LogP) is 0.950. The normalized spacial score (nSPS) is 19.1. The summed E-state index contributed by atoms with van der Waals surface area (Å²) in [6, 6.07) is 2.54. The molecule has 21 heavy (non-hydrogen) atoms. The second-order valence-electron chi connectivity index (χ2n) is 4.77. The van der Waals surface area contributed by atoms with Crippen LogP contribution in [0, 0.1) is 17.0 Å². The number of anilines is 1. The first kappa shape index (κ1) is 15.7. The Labute approximate surface area is 125 Å². The molecule has 1 saturated heterocycles. The van der Waals surface area contributed by atoms with Crippen molar-refractivity contribution in [1.29, 1.82) is 0 Å². The molecule has 0 aromatic heterocycles. The first-order valence-corrected chi connectivity index (χ1v) is 7.86. The molecule has 0 radical (unpaired) electrons. The Hall–Kier alpha value is -1.71. The third kappa shape index (κ3) is 2.99. The predicted molar refractivity (Wildman–Crippen MR) is 76.7 cm³/mol. The van der Waals surface area contributed by atoms with E-state index in [4.69, 9.17) is 16.7 Å². The van der Waals surface area contributed by atoms with Gasteiger partial charge in [-0.2, -0.15) is 0 Å².